The average molecular weight is 636 g/mol. The van der Waals surface area contributed by atoms with Crippen molar-refractivity contribution in [1.82, 2.24) is 14.5 Å². The number of piperidine rings is 1. The lowest BCUT2D eigenvalue weighted by Gasteiger charge is -2.31. The van der Waals surface area contributed by atoms with Gasteiger partial charge in [-0.2, -0.15) is 9.40 Å². The van der Waals surface area contributed by atoms with Crippen LogP contribution in [0.2, 0.25) is 10.0 Å². The van der Waals surface area contributed by atoms with Crippen LogP contribution in [-0.4, -0.2) is 53.1 Å². The number of aromatic nitrogens is 2. The van der Waals surface area contributed by atoms with Crippen molar-refractivity contribution in [2.75, 3.05) is 18.4 Å². The molecule has 8 nitrogen and oxygen atoms in total. The van der Waals surface area contributed by atoms with Crippen LogP contribution in [0, 0.1) is 0 Å². The van der Waals surface area contributed by atoms with Crippen LogP contribution in [-0.2, 0) is 10.0 Å². The molecule has 1 saturated heterocycles. The number of sulfonamides is 1. The summed E-state index contributed by atoms with van der Waals surface area (Å²) in [4.78, 5) is 11.3. The maximum Gasteiger partial charge on any atom is 0.335 e. The van der Waals surface area contributed by atoms with Gasteiger partial charge in [-0.25, -0.2) is 13.2 Å². The Morgan fingerprint density at radius 3 is 2.09 bits per heavy atom. The number of hydrogen-bond acceptors (Lipinski definition) is 5. The molecule has 1 aliphatic heterocycles. The minimum Gasteiger partial charge on any atom is -0.478 e. The Bertz CT molecular complexity index is 1840. The van der Waals surface area contributed by atoms with E-state index in [-0.39, 0.29) is 22.4 Å². The second kappa shape index (κ2) is 12.0. The Labute approximate surface area is 259 Å². The minimum atomic E-state index is -3.81. The zero-order valence-electron chi connectivity index (χ0n) is 22.9. The van der Waals surface area contributed by atoms with Gasteiger partial charge in [0.05, 0.1) is 16.0 Å². The average Bonchev–Trinajstić information content (AvgIpc) is 3.41. The summed E-state index contributed by atoms with van der Waals surface area (Å²) in [5.74, 6) is -0.518. The van der Waals surface area contributed by atoms with Gasteiger partial charge in [0.1, 0.15) is 0 Å². The summed E-state index contributed by atoms with van der Waals surface area (Å²) in [6, 6.07) is 27.4. The number of benzene rings is 4. The molecular formula is C32H28Cl2N4O4S. The summed E-state index contributed by atoms with van der Waals surface area (Å²) in [6.07, 6.45) is 1.15. The smallest absolute Gasteiger partial charge is 0.335 e. The second-order valence-electron chi connectivity index (χ2n) is 10.6. The number of aromatic carboxylic acids is 1. The molecular weight excluding hydrogens is 607 g/mol. The van der Waals surface area contributed by atoms with E-state index in [1.54, 1.807) is 0 Å². The van der Waals surface area contributed by atoms with Crippen LogP contribution in [0.3, 0.4) is 0 Å². The van der Waals surface area contributed by atoms with Crippen molar-refractivity contribution in [2.24, 2.45) is 0 Å². The highest BCUT2D eigenvalue weighted by Crippen LogP contribution is 2.36. The molecule has 0 aliphatic carbocycles. The van der Waals surface area contributed by atoms with Gasteiger partial charge < -0.3 is 10.4 Å². The first-order valence-electron chi connectivity index (χ1n) is 13.8. The number of rotatable bonds is 8. The van der Waals surface area contributed by atoms with Gasteiger partial charge in [0.15, 0.2) is 5.82 Å². The highest BCUT2D eigenvalue weighted by molar-refractivity contribution is 7.89. The molecule has 220 valence electrons. The third-order valence-corrected chi connectivity index (χ3v) is 10.2. The highest BCUT2D eigenvalue weighted by Gasteiger charge is 2.30. The molecule has 6 rings (SSSR count). The van der Waals surface area contributed by atoms with Crippen molar-refractivity contribution in [3.63, 3.8) is 0 Å². The molecule has 0 amide bonds. The number of H-pyrrole nitrogens is 1. The van der Waals surface area contributed by atoms with Gasteiger partial charge in [-0.3, -0.25) is 5.10 Å². The zero-order chi connectivity index (χ0) is 30.1. The van der Waals surface area contributed by atoms with Crippen LogP contribution < -0.4 is 5.32 Å². The Morgan fingerprint density at radius 2 is 1.49 bits per heavy atom. The number of carbonyl (C=O) groups is 1. The topological polar surface area (TPSA) is 115 Å². The van der Waals surface area contributed by atoms with Gasteiger partial charge in [-0.05, 0) is 84.1 Å². The van der Waals surface area contributed by atoms with Gasteiger partial charge in [-0.1, -0.05) is 59.6 Å². The largest absolute Gasteiger partial charge is 0.478 e. The van der Waals surface area contributed by atoms with Gasteiger partial charge in [-0.15, -0.1) is 0 Å². The molecule has 5 aromatic rings. The van der Waals surface area contributed by atoms with Gasteiger partial charge >= 0.3 is 5.97 Å². The van der Waals surface area contributed by atoms with Crippen LogP contribution >= 0.6 is 23.2 Å². The van der Waals surface area contributed by atoms with Crippen molar-refractivity contribution in [3.8, 4) is 0 Å². The lowest BCUT2D eigenvalue weighted by Crippen LogP contribution is -2.42. The molecule has 1 fully saturated rings. The van der Waals surface area contributed by atoms with Crippen LogP contribution in [0.25, 0.3) is 10.9 Å². The number of aromatic amines is 1. The number of hydrogen-bond donors (Lipinski definition) is 3. The van der Waals surface area contributed by atoms with Gasteiger partial charge in [0.2, 0.25) is 10.0 Å². The number of fused-ring (bicyclic) bond motifs is 1. The molecule has 3 N–H and O–H groups in total. The summed E-state index contributed by atoms with van der Waals surface area (Å²) >= 11 is 12.4. The number of halogens is 2. The van der Waals surface area contributed by atoms with E-state index in [0.717, 1.165) is 27.6 Å². The Kier molecular flexibility index (Phi) is 8.15. The van der Waals surface area contributed by atoms with Crippen LogP contribution in [0.15, 0.2) is 95.9 Å². The first-order valence-corrected chi connectivity index (χ1v) is 16.0. The van der Waals surface area contributed by atoms with E-state index in [9.17, 15) is 18.3 Å². The van der Waals surface area contributed by atoms with Crippen molar-refractivity contribution in [2.45, 2.75) is 29.7 Å². The van der Waals surface area contributed by atoms with E-state index in [4.69, 9.17) is 23.2 Å². The summed E-state index contributed by atoms with van der Waals surface area (Å²) in [7, 11) is -3.81. The Balaban J connectivity index is 1.23. The number of nitrogens with one attached hydrogen (secondary N) is 2. The zero-order valence-corrected chi connectivity index (χ0v) is 25.2. The maximum absolute atomic E-state index is 13.2. The molecule has 0 atom stereocenters. The van der Waals surface area contributed by atoms with E-state index in [1.807, 2.05) is 54.6 Å². The maximum atomic E-state index is 13.2. The predicted molar refractivity (Wildman–Crippen MR) is 169 cm³/mol. The van der Waals surface area contributed by atoms with Crippen LogP contribution in [0.1, 0.15) is 45.8 Å². The van der Waals surface area contributed by atoms with E-state index >= 15 is 0 Å². The number of carboxylic acid groups (broad SMARTS) is 1. The molecule has 0 radical (unpaired) electrons. The lowest BCUT2D eigenvalue weighted by atomic mass is 9.85. The molecule has 0 spiro atoms. The molecule has 0 saturated carbocycles. The third kappa shape index (κ3) is 6.12. The normalized spacial score (nSPS) is 14.8. The monoisotopic (exact) mass is 634 g/mol. The van der Waals surface area contributed by atoms with E-state index in [1.165, 1.54) is 28.6 Å². The third-order valence-electron chi connectivity index (χ3n) is 7.84. The molecule has 0 unspecified atom stereocenters. The minimum absolute atomic E-state index is 0.00953. The standard InChI is InChI=1S/C32H28Cl2N4O4S/c33-24-9-4-20(5-10-24)30(21-6-11-25(34)12-7-21)22-8-13-29-28(19-22)31(37-36-29)35-26-14-16-38(17-15-26)43(41,42)27-3-1-2-23(18-27)32(39)40/h1-13,18-19,26,30H,14-17H2,(H,39,40)(H2,35,36,37). The first-order chi connectivity index (χ1) is 20.7. The number of anilines is 1. The quantitative estimate of drug-likeness (QED) is 0.158. The predicted octanol–water partition coefficient (Wildman–Crippen LogP) is 7.01. The second-order valence-corrected chi connectivity index (χ2v) is 13.4. The molecule has 0 bridgehead atoms. The van der Waals surface area contributed by atoms with Crippen molar-refractivity contribution in [1.29, 1.82) is 0 Å². The van der Waals surface area contributed by atoms with Crippen LogP contribution in [0.5, 0.6) is 0 Å². The summed E-state index contributed by atoms with van der Waals surface area (Å²) in [5.41, 5.74) is 4.08. The molecule has 43 heavy (non-hydrogen) atoms. The summed E-state index contributed by atoms with van der Waals surface area (Å²) in [5, 5.41) is 22.7. The molecule has 2 heterocycles. The fourth-order valence-corrected chi connectivity index (χ4v) is 7.35. The van der Waals surface area contributed by atoms with Crippen molar-refractivity contribution >= 4 is 55.9 Å². The Morgan fingerprint density at radius 1 is 0.884 bits per heavy atom. The molecule has 1 aliphatic rings. The van der Waals surface area contributed by atoms with Gasteiger partial charge in [0.25, 0.3) is 0 Å². The van der Waals surface area contributed by atoms with E-state index in [0.29, 0.717) is 41.8 Å². The molecule has 11 heteroatoms. The summed E-state index contributed by atoms with van der Waals surface area (Å²) in [6.45, 7) is 0.611. The number of nitrogens with zero attached hydrogens (tertiary/aromatic N) is 2. The highest BCUT2D eigenvalue weighted by atomic mass is 35.5. The van der Waals surface area contributed by atoms with Crippen LogP contribution in [0.4, 0.5) is 5.82 Å². The fraction of sp³-hybridized carbons (Fsp3) is 0.188. The van der Waals surface area contributed by atoms with Crippen molar-refractivity contribution < 1.29 is 18.3 Å². The van der Waals surface area contributed by atoms with E-state index < -0.39 is 16.0 Å². The van der Waals surface area contributed by atoms with Gasteiger partial charge in [0, 0.05) is 40.5 Å². The molecule has 4 aromatic carbocycles. The summed E-state index contributed by atoms with van der Waals surface area (Å²) < 4.78 is 27.8. The van der Waals surface area contributed by atoms with E-state index in [2.05, 4.69) is 27.6 Å². The van der Waals surface area contributed by atoms with Crippen molar-refractivity contribution in [3.05, 3.63) is 123 Å². The first kappa shape index (κ1) is 29.2. The fourth-order valence-electron chi connectivity index (χ4n) is 5.58. The number of carboxylic acids is 1. The SMILES string of the molecule is O=C(O)c1cccc(S(=O)(=O)N2CCC(Nc3n[nH]c4ccc(C(c5ccc(Cl)cc5)c5ccc(Cl)cc5)cc34)CC2)c1. The molecule has 1 aromatic heterocycles. The lowest BCUT2D eigenvalue weighted by molar-refractivity contribution is 0.0696. The Hall–Kier alpha value is -3.89.